The molecule has 1 aliphatic rings. The maximum absolute atomic E-state index is 13.1. The summed E-state index contributed by atoms with van der Waals surface area (Å²) in [5.74, 6) is 0.440. The second-order valence-corrected chi connectivity index (χ2v) is 4.75. The number of carbonyl (C=O) groups excluding carboxylic acids is 1. The second-order valence-electron chi connectivity index (χ2n) is 4.75. The first-order valence-electron chi connectivity index (χ1n) is 6.17. The molecule has 92 valence electrons. The van der Waals surface area contributed by atoms with Gasteiger partial charge in [0.1, 0.15) is 5.82 Å². The van der Waals surface area contributed by atoms with E-state index < -0.39 is 0 Å². The van der Waals surface area contributed by atoms with Crippen molar-refractivity contribution in [1.29, 1.82) is 0 Å². The molecule has 0 spiro atoms. The summed E-state index contributed by atoms with van der Waals surface area (Å²) in [6.45, 7) is 5.22. The average molecular weight is 235 g/mol. The lowest BCUT2D eigenvalue weighted by molar-refractivity contribution is 0.0757. The molecule has 0 saturated heterocycles. The summed E-state index contributed by atoms with van der Waals surface area (Å²) in [5.41, 5.74) is 1.12. The van der Waals surface area contributed by atoms with Gasteiger partial charge in [-0.2, -0.15) is 0 Å². The van der Waals surface area contributed by atoms with Gasteiger partial charge in [-0.3, -0.25) is 4.79 Å². The fourth-order valence-corrected chi connectivity index (χ4v) is 1.93. The first-order chi connectivity index (χ1) is 8.11. The highest BCUT2D eigenvalue weighted by molar-refractivity contribution is 5.94. The Balaban J connectivity index is 2.12. The highest BCUT2D eigenvalue weighted by atomic mass is 19.1. The molecule has 1 aromatic rings. The zero-order valence-corrected chi connectivity index (χ0v) is 10.4. The molecule has 0 heterocycles. The van der Waals surface area contributed by atoms with Crippen LogP contribution in [0.4, 0.5) is 4.39 Å². The SMILES string of the molecule is CCN(CC1CC1)C(=O)c1ccc(F)c(C)c1. The zero-order chi connectivity index (χ0) is 12.4. The minimum atomic E-state index is -0.258. The average Bonchev–Trinajstić information content (AvgIpc) is 3.12. The van der Waals surface area contributed by atoms with E-state index in [2.05, 4.69) is 0 Å². The standard InChI is InChI=1S/C14H18FNO/c1-3-16(9-11-4-5-11)14(17)12-6-7-13(15)10(2)8-12/h6-8,11H,3-5,9H2,1-2H3. The van der Waals surface area contributed by atoms with Crippen molar-refractivity contribution >= 4 is 5.91 Å². The molecule has 17 heavy (non-hydrogen) atoms. The molecule has 0 aromatic heterocycles. The Hall–Kier alpha value is -1.38. The van der Waals surface area contributed by atoms with E-state index in [1.54, 1.807) is 19.1 Å². The lowest BCUT2D eigenvalue weighted by atomic mass is 10.1. The van der Waals surface area contributed by atoms with Gasteiger partial charge in [0, 0.05) is 18.7 Å². The Morgan fingerprint density at radius 1 is 1.47 bits per heavy atom. The van der Waals surface area contributed by atoms with Crippen molar-refractivity contribution in [1.82, 2.24) is 4.90 Å². The number of benzene rings is 1. The van der Waals surface area contributed by atoms with Gasteiger partial charge in [0.25, 0.3) is 5.91 Å². The quantitative estimate of drug-likeness (QED) is 0.785. The lowest BCUT2D eigenvalue weighted by Crippen LogP contribution is -2.32. The molecule has 0 radical (unpaired) electrons. The van der Waals surface area contributed by atoms with E-state index in [-0.39, 0.29) is 11.7 Å². The van der Waals surface area contributed by atoms with Crippen LogP contribution in [-0.4, -0.2) is 23.9 Å². The van der Waals surface area contributed by atoms with Gasteiger partial charge >= 0.3 is 0 Å². The maximum Gasteiger partial charge on any atom is 0.253 e. The minimum Gasteiger partial charge on any atom is -0.339 e. The summed E-state index contributed by atoms with van der Waals surface area (Å²) in [7, 11) is 0. The predicted molar refractivity (Wildman–Crippen MR) is 65.4 cm³/mol. The van der Waals surface area contributed by atoms with Gasteiger partial charge in [0.15, 0.2) is 0 Å². The fourth-order valence-electron chi connectivity index (χ4n) is 1.93. The lowest BCUT2D eigenvalue weighted by Gasteiger charge is -2.21. The number of amides is 1. The summed E-state index contributed by atoms with van der Waals surface area (Å²) in [5, 5.41) is 0. The molecule has 0 N–H and O–H groups in total. The number of aryl methyl sites for hydroxylation is 1. The monoisotopic (exact) mass is 235 g/mol. The molecule has 2 rings (SSSR count). The number of carbonyl (C=O) groups is 1. The fraction of sp³-hybridized carbons (Fsp3) is 0.500. The van der Waals surface area contributed by atoms with Crippen molar-refractivity contribution in [3.05, 3.63) is 35.1 Å². The third kappa shape index (κ3) is 2.84. The number of hydrogen-bond donors (Lipinski definition) is 0. The van der Waals surface area contributed by atoms with E-state index in [0.29, 0.717) is 23.6 Å². The van der Waals surface area contributed by atoms with Crippen LogP contribution in [-0.2, 0) is 0 Å². The van der Waals surface area contributed by atoms with E-state index >= 15 is 0 Å². The molecule has 0 aliphatic heterocycles. The molecule has 0 atom stereocenters. The van der Waals surface area contributed by atoms with E-state index in [1.165, 1.54) is 18.9 Å². The van der Waals surface area contributed by atoms with Gasteiger partial charge in [0.2, 0.25) is 0 Å². The minimum absolute atomic E-state index is 0.0162. The molecule has 2 nitrogen and oxygen atoms in total. The highest BCUT2D eigenvalue weighted by Crippen LogP contribution is 2.30. The summed E-state index contributed by atoms with van der Waals surface area (Å²) < 4.78 is 13.1. The highest BCUT2D eigenvalue weighted by Gasteiger charge is 2.26. The smallest absolute Gasteiger partial charge is 0.253 e. The summed E-state index contributed by atoms with van der Waals surface area (Å²) in [6.07, 6.45) is 2.46. The van der Waals surface area contributed by atoms with Crippen LogP contribution in [0.3, 0.4) is 0 Å². The van der Waals surface area contributed by atoms with Crippen LogP contribution in [0.25, 0.3) is 0 Å². The van der Waals surface area contributed by atoms with Crippen molar-refractivity contribution in [2.24, 2.45) is 5.92 Å². The summed E-state index contributed by atoms with van der Waals surface area (Å²) in [6, 6.07) is 4.57. The molecule has 1 amide bonds. The van der Waals surface area contributed by atoms with Gasteiger partial charge in [-0.25, -0.2) is 4.39 Å². The topological polar surface area (TPSA) is 20.3 Å². The predicted octanol–water partition coefficient (Wildman–Crippen LogP) is 3.01. The third-order valence-corrected chi connectivity index (χ3v) is 3.25. The number of hydrogen-bond acceptors (Lipinski definition) is 1. The van der Waals surface area contributed by atoms with Crippen molar-refractivity contribution < 1.29 is 9.18 Å². The van der Waals surface area contributed by atoms with Gasteiger partial charge in [-0.15, -0.1) is 0 Å². The zero-order valence-electron chi connectivity index (χ0n) is 10.4. The van der Waals surface area contributed by atoms with Crippen LogP contribution < -0.4 is 0 Å². The number of nitrogens with zero attached hydrogens (tertiary/aromatic N) is 1. The van der Waals surface area contributed by atoms with Gasteiger partial charge in [-0.1, -0.05) is 0 Å². The largest absolute Gasteiger partial charge is 0.339 e. The van der Waals surface area contributed by atoms with Crippen molar-refractivity contribution in [3.8, 4) is 0 Å². The van der Waals surface area contributed by atoms with Crippen molar-refractivity contribution in [3.63, 3.8) is 0 Å². The summed E-state index contributed by atoms with van der Waals surface area (Å²) >= 11 is 0. The molecular formula is C14H18FNO. The van der Waals surface area contributed by atoms with E-state index in [1.807, 2.05) is 11.8 Å². The van der Waals surface area contributed by atoms with Crippen molar-refractivity contribution in [2.45, 2.75) is 26.7 Å². The molecular weight excluding hydrogens is 217 g/mol. The first-order valence-corrected chi connectivity index (χ1v) is 6.17. The van der Waals surface area contributed by atoms with Crippen LogP contribution >= 0.6 is 0 Å². The molecule has 0 unspecified atom stereocenters. The van der Waals surface area contributed by atoms with Crippen LogP contribution in [0.2, 0.25) is 0 Å². The Bertz CT molecular complexity index is 426. The Morgan fingerprint density at radius 2 is 2.18 bits per heavy atom. The van der Waals surface area contributed by atoms with Crippen LogP contribution in [0.5, 0.6) is 0 Å². The second kappa shape index (κ2) is 4.86. The maximum atomic E-state index is 13.1. The number of rotatable bonds is 4. The van der Waals surface area contributed by atoms with E-state index in [4.69, 9.17) is 0 Å². The van der Waals surface area contributed by atoms with Gasteiger partial charge < -0.3 is 4.90 Å². The molecule has 1 saturated carbocycles. The van der Waals surface area contributed by atoms with E-state index in [9.17, 15) is 9.18 Å². The van der Waals surface area contributed by atoms with E-state index in [0.717, 1.165) is 6.54 Å². The van der Waals surface area contributed by atoms with Crippen LogP contribution in [0.15, 0.2) is 18.2 Å². The third-order valence-electron chi connectivity index (χ3n) is 3.25. The Labute approximate surface area is 101 Å². The van der Waals surface area contributed by atoms with Crippen LogP contribution in [0.1, 0.15) is 35.7 Å². The molecule has 1 aromatic carbocycles. The Morgan fingerprint density at radius 3 is 2.71 bits per heavy atom. The summed E-state index contributed by atoms with van der Waals surface area (Å²) in [4.78, 5) is 14.1. The normalized spacial score (nSPS) is 14.8. The van der Waals surface area contributed by atoms with Crippen LogP contribution in [0, 0.1) is 18.7 Å². The number of halogens is 1. The van der Waals surface area contributed by atoms with Crippen molar-refractivity contribution in [2.75, 3.05) is 13.1 Å². The molecule has 1 aliphatic carbocycles. The molecule has 3 heteroatoms. The Kier molecular flexibility index (Phi) is 3.46. The first kappa shape index (κ1) is 12.1. The molecule has 0 bridgehead atoms. The molecule has 1 fully saturated rings. The van der Waals surface area contributed by atoms with Gasteiger partial charge in [-0.05, 0) is 56.4 Å². The van der Waals surface area contributed by atoms with Gasteiger partial charge in [0.05, 0.1) is 0 Å².